The molecule has 0 fully saturated rings. The summed E-state index contributed by atoms with van der Waals surface area (Å²) in [5.41, 5.74) is 5.52. The van der Waals surface area contributed by atoms with Crippen LogP contribution in [0.25, 0.3) is 22.2 Å². The van der Waals surface area contributed by atoms with Gasteiger partial charge in [0.2, 0.25) is 0 Å². The number of thiophene rings is 1. The van der Waals surface area contributed by atoms with Crippen LogP contribution >= 0.6 is 22.9 Å². The molecule has 0 saturated heterocycles. The molecule has 0 bridgehead atoms. The van der Waals surface area contributed by atoms with Crippen molar-refractivity contribution in [3.63, 3.8) is 0 Å². The number of aryl methyl sites for hydroxylation is 1. The summed E-state index contributed by atoms with van der Waals surface area (Å²) in [5.74, 6) is -0.276. The van der Waals surface area contributed by atoms with Gasteiger partial charge in [-0.3, -0.25) is 4.79 Å². The molecule has 4 rings (SSSR count). The lowest BCUT2D eigenvalue weighted by molar-refractivity contribution is 0.0957. The van der Waals surface area contributed by atoms with E-state index in [0.29, 0.717) is 16.3 Å². The predicted octanol–water partition coefficient (Wildman–Crippen LogP) is 5.94. The molecule has 29 heavy (non-hydrogen) atoms. The second-order valence-corrected chi connectivity index (χ2v) is 8.07. The van der Waals surface area contributed by atoms with Crippen LogP contribution in [0, 0.1) is 0 Å². The fraction of sp³-hybridized carbons (Fsp3) is 0.0870. The van der Waals surface area contributed by atoms with E-state index in [1.165, 1.54) is 4.88 Å². The molecule has 2 aromatic carbocycles. The Morgan fingerprint density at radius 1 is 1.14 bits per heavy atom. The zero-order chi connectivity index (χ0) is 20.2. The van der Waals surface area contributed by atoms with E-state index in [4.69, 9.17) is 16.6 Å². The number of benzene rings is 2. The third-order valence-electron chi connectivity index (χ3n) is 4.49. The molecule has 4 aromatic rings. The molecule has 1 N–H and O–H groups in total. The average Bonchev–Trinajstić information content (AvgIpc) is 3.21. The standard InChI is InChI=1S/C23H18ClN3OS/c1-2-17-11-12-18(29-17)14-25-27-23(28)20-13-22(15-7-9-16(24)10-8-15)26-21-6-4-3-5-19(20)21/h3-14H,2H2,1H3,(H,27,28)/b25-14-. The van der Waals surface area contributed by atoms with E-state index in [-0.39, 0.29) is 5.91 Å². The largest absolute Gasteiger partial charge is 0.272 e. The third-order valence-corrected chi connectivity index (χ3v) is 5.91. The number of nitrogens with one attached hydrogen (secondary N) is 1. The fourth-order valence-electron chi connectivity index (χ4n) is 3.00. The Hall–Kier alpha value is -3.02. The monoisotopic (exact) mass is 419 g/mol. The molecule has 0 radical (unpaired) electrons. The summed E-state index contributed by atoms with van der Waals surface area (Å²) in [7, 11) is 0. The first-order valence-corrected chi connectivity index (χ1v) is 10.4. The number of rotatable bonds is 5. The highest BCUT2D eigenvalue weighted by Crippen LogP contribution is 2.26. The van der Waals surface area contributed by atoms with Gasteiger partial charge in [0.15, 0.2) is 0 Å². The zero-order valence-electron chi connectivity index (χ0n) is 15.7. The van der Waals surface area contributed by atoms with Crippen LogP contribution in [0.4, 0.5) is 0 Å². The van der Waals surface area contributed by atoms with Gasteiger partial charge in [-0.25, -0.2) is 10.4 Å². The molecular formula is C23H18ClN3OS. The molecule has 6 heteroatoms. The summed E-state index contributed by atoms with van der Waals surface area (Å²) in [5, 5.41) is 5.57. The molecule has 1 amide bonds. The van der Waals surface area contributed by atoms with Crippen LogP contribution in [0.15, 0.2) is 71.8 Å². The average molecular weight is 420 g/mol. The van der Waals surface area contributed by atoms with E-state index in [1.54, 1.807) is 23.6 Å². The minimum absolute atomic E-state index is 0.276. The number of halogens is 1. The minimum atomic E-state index is -0.276. The summed E-state index contributed by atoms with van der Waals surface area (Å²) in [6, 6.07) is 20.8. The van der Waals surface area contributed by atoms with E-state index < -0.39 is 0 Å². The molecule has 0 atom stereocenters. The first-order valence-electron chi connectivity index (χ1n) is 9.22. The number of hydrazone groups is 1. The first-order chi connectivity index (χ1) is 14.1. The summed E-state index contributed by atoms with van der Waals surface area (Å²) in [4.78, 5) is 19.9. The highest BCUT2D eigenvalue weighted by molar-refractivity contribution is 7.13. The van der Waals surface area contributed by atoms with Gasteiger partial charge in [0.25, 0.3) is 5.91 Å². The number of hydrogen-bond donors (Lipinski definition) is 1. The van der Waals surface area contributed by atoms with Crippen LogP contribution < -0.4 is 5.43 Å². The van der Waals surface area contributed by atoms with Crippen molar-refractivity contribution in [2.45, 2.75) is 13.3 Å². The Kier molecular flexibility index (Phi) is 5.69. The molecular weight excluding hydrogens is 402 g/mol. The molecule has 0 aliphatic heterocycles. The molecule has 144 valence electrons. The van der Waals surface area contributed by atoms with Crippen molar-refractivity contribution in [2.24, 2.45) is 5.10 Å². The van der Waals surface area contributed by atoms with Crippen molar-refractivity contribution >= 4 is 46.0 Å². The summed E-state index contributed by atoms with van der Waals surface area (Å²) >= 11 is 7.66. The van der Waals surface area contributed by atoms with Gasteiger partial charge in [-0.1, -0.05) is 48.9 Å². The third kappa shape index (κ3) is 4.36. The fourth-order valence-corrected chi connectivity index (χ4v) is 3.95. The molecule has 0 aliphatic carbocycles. The number of amides is 1. The lowest BCUT2D eigenvalue weighted by Gasteiger charge is -2.09. The van der Waals surface area contributed by atoms with Gasteiger partial charge in [0.05, 0.1) is 23.0 Å². The van der Waals surface area contributed by atoms with Gasteiger partial charge in [-0.05, 0) is 42.8 Å². The predicted molar refractivity (Wildman–Crippen MR) is 121 cm³/mol. The molecule has 0 spiro atoms. The van der Waals surface area contributed by atoms with E-state index in [1.807, 2.05) is 54.6 Å². The van der Waals surface area contributed by atoms with Crippen LogP contribution in [0.3, 0.4) is 0 Å². The topological polar surface area (TPSA) is 54.4 Å². The number of hydrogen-bond acceptors (Lipinski definition) is 4. The lowest BCUT2D eigenvalue weighted by atomic mass is 10.0. The van der Waals surface area contributed by atoms with Crippen LogP contribution in [-0.4, -0.2) is 17.1 Å². The van der Waals surface area contributed by atoms with Gasteiger partial charge in [-0.15, -0.1) is 11.3 Å². The maximum Gasteiger partial charge on any atom is 0.272 e. The number of aromatic nitrogens is 1. The molecule has 0 aliphatic rings. The number of pyridine rings is 1. The Morgan fingerprint density at radius 2 is 1.93 bits per heavy atom. The van der Waals surface area contributed by atoms with E-state index >= 15 is 0 Å². The maximum atomic E-state index is 12.9. The van der Waals surface area contributed by atoms with Crippen LogP contribution in [0.5, 0.6) is 0 Å². The molecule has 2 heterocycles. The van der Waals surface area contributed by atoms with Gasteiger partial charge < -0.3 is 0 Å². The van der Waals surface area contributed by atoms with Crippen molar-refractivity contribution in [3.05, 3.63) is 87.1 Å². The number of fused-ring (bicyclic) bond motifs is 1. The number of para-hydroxylation sites is 1. The highest BCUT2D eigenvalue weighted by Gasteiger charge is 2.13. The number of nitrogens with zero attached hydrogens (tertiary/aromatic N) is 2. The molecule has 0 unspecified atom stereocenters. The Balaban J connectivity index is 1.66. The van der Waals surface area contributed by atoms with Crippen molar-refractivity contribution < 1.29 is 4.79 Å². The van der Waals surface area contributed by atoms with E-state index in [2.05, 4.69) is 23.5 Å². The summed E-state index contributed by atoms with van der Waals surface area (Å²) in [6.45, 7) is 2.11. The number of carbonyl (C=O) groups excluding carboxylic acids is 1. The van der Waals surface area contributed by atoms with Crippen molar-refractivity contribution in [1.29, 1.82) is 0 Å². The SMILES string of the molecule is CCc1ccc(/C=N\NC(=O)c2cc(-c3ccc(Cl)cc3)nc3ccccc23)s1. The minimum Gasteiger partial charge on any atom is -0.267 e. The second kappa shape index (κ2) is 8.55. The number of carbonyl (C=O) groups is 1. The van der Waals surface area contributed by atoms with Crippen LogP contribution in [-0.2, 0) is 6.42 Å². The first kappa shape index (κ1) is 19.3. The van der Waals surface area contributed by atoms with Crippen molar-refractivity contribution in [3.8, 4) is 11.3 Å². The molecule has 2 aromatic heterocycles. The van der Waals surface area contributed by atoms with Crippen LogP contribution in [0.2, 0.25) is 5.02 Å². The van der Waals surface area contributed by atoms with Crippen molar-refractivity contribution in [1.82, 2.24) is 10.4 Å². The normalized spacial score (nSPS) is 11.2. The smallest absolute Gasteiger partial charge is 0.267 e. The van der Waals surface area contributed by atoms with Gasteiger partial charge in [-0.2, -0.15) is 5.10 Å². The van der Waals surface area contributed by atoms with Gasteiger partial charge >= 0.3 is 0 Å². The Bertz CT molecular complexity index is 1200. The molecule has 4 nitrogen and oxygen atoms in total. The Morgan fingerprint density at radius 3 is 2.69 bits per heavy atom. The highest BCUT2D eigenvalue weighted by atomic mass is 35.5. The van der Waals surface area contributed by atoms with E-state index in [9.17, 15) is 4.79 Å². The maximum absolute atomic E-state index is 12.9. The van der Waals surface area contributed by atoms with Gasteiger partial charge in [0, 0.05) is 25.7 Å². The van der Waals surface area contributed by atoms with Crippen LogP contribution in [0.1, 0.15) is 27.0 Å². The lowest BCUT2D eigenvalue weighted by Crippen LogP contribution is -2.18. The molecule has 0 saturated carbocycles. The summed E-state index contributed by atoms with van der Waals surface area (Å²) < 4.78 is 0. The van der Waals surface area contributed by atoms with E-state index in [0.717, 1.165) is 27.8 Å². The second-order valence-electron chi connectivity index (χ2n) is 6.44. The summed E-state index contributed by atoms with van der Waals surface area (Å²) in [6.07, 6.45) is 2.66. The Labute approximate surface area is 177 Å². The quantitative estimate of drug-likeness (QED) is 0.321. The van der Waals surface area contributed by atoms with Gasteiger partial charge in [0.1, 0.15) is 0 Å². The zero-order valence-corrected chi connectivity index (χ0v) is 17.3. The van der Waals surface area contributed by atoms with Crippen molar-refractivity contribution in [2.75, 3.05) is 0 Å².